The molecule has 128 valence electrons. The number of amides is 1. The molecule has 25 heavy (non-hydrogen) atoms. The van der Waals surface area contributed by atoms with Crippen LogP contribution in [-0.4, -0.2) is 60.4 Å². The number of nitrogens with zero attached hydrogens (tertiary/aromatic N) is 6. The van der Waals surface area contributed by atoms with E-state index < -0.39 is 0 Å². The number of halogens is 1. The summed E-state index contributed by atoms with van der Waals surface area (Å²) in [6, 6.07) is 7.42. The van der Waals surface area contributed by atoms with Crippen LogP contribution in [0.2, 0.25) is 5.02 Å². The van der Waals surface area contributed by atoms with Gasteiger partial charge in [0.25, 0.3) is 11.9 Å². The van der Waals surface area contributed by atoms with E-state index in [0.717, 1.165) is 5.56 Å². The molecule has 2 aromatic heterocycles. The zero-order valence-electron chi connectivity index (χ0n) is 13.0. The lowest BCUT2D eigenvalue weighted by atomic mass is 10.1. The summed E-state index contributed by atoms with van der Waals surface area (Å²) < 4.78 is 7.30. The molecule has 1 aliphatic heterocycles. The highest BCUT2D eigenvalue weighted by Crippen LogP contribution is 2.24. The van der Waals surface area contributed by atoms with Crippen LogP contribution in [0, 0.1) is 0 Å². The first-order valence-corrected chi connectivity index (χ1v) is 8.02. The fraction of sp³-hybridized carbons (Fsp3) is 0.267. The van der Waals surface area contributed by atoms with E-state index in [1.54, 1.807) is 4.90 Å². The molecule has 1 atom stereocenters. The molecular formula is C15H14ClN7O2. The molecule has 0 spiro atoms. The van der Waals surface area contributed by atoms with E-state index >= 15 is 0 Å². The maximum absolute atomic E-state index is 12.7. The maximum atomic E-state index is 12.7. The van der Waals surface area contributed by atoms with E-state index in [0.29, 0.717) is 30.7 Å². The molecule has 10 heteroatoms. The number of ether oxygens (including phenoxy) is 1. The fourth-order valence-corrected chi connectivity index (χ4v) is 2.76. The lowest BCUT2D eigenvalue weighted by molar-refractivity contribution is -0.0232. The van der Waals surface area contributed by atoms with E-state index in [4.69, 9.17) is 16.3 Å². The maximum Gasteiger partial charge on any atom is 0.291 e. The van der Waals surface area contributed by atoms with Crippen LogP contribution < -0.4 is 0 Å². The molecule has 0 aliphatic carbocycles. The summed E-state index contributed by atoms with van der Waals surface area (Å²) in [5, 5.41) is 14.7. The summed E-state index contributed by atoms with van der Waals surface area (Å²) >= 11 is 5.92. The predicted octanol–water partition coefficient (Wildman–Crippen LogP) is 1.25. The Labute approximate surface area is 147 Å². The van der Waals surface area contributed by atoms with Crippen molar-refractivity contribution in [1.29, 1.82) is 0 Å². The third kappa shape index (κ3) is 3.24. The Morgan fingerprint density at radius 3 is 2.76 bits per heavy atom. The van der Waals surface area contributed by atoms with Crippen molar-refractivity contribution in [3.05, 3.63) is 53.3 Å². The lowest BCUT2D eigenvalue weighted by Gasteiger charge is -2.32. The normalized spacial score (nSPS) is 17.6. The minimum atomic E-state index is -0.228. The van der Waals surface area contributed by atoms with Gasteiger partial charge in [-0.25, -0.2) is 0 Å². The van der Waals surface area contributed by atoms with Gasteiger partial charge >= 0.3 is 0 Å². The molecule has 1 unspecified atom stereocenters. The highest BCUT2D eigenvalue weighted by atomic mass is 35.5. The Morgan fingerprint density at radius 2 is 2.00 bits per heavy atom. The molecule has 3 aromatic rings. The van der Waals surface area contributed by atoms with E-state index in [1.165, 1.54) is 17.2 Å². The monoisotopic (exact) mass is 359 g/mol. The average Bonchev–Trinajstić information content (AvgIpc) is 3.33. The molecule has 0 radical (unpaired) electrons. The SMILES string of the molecule is O=C(c1nc(-n2cnnc2)n[nH]1)N1CCOC(c2ccc(Cl)cc2)C1. The van der Waals surface area contributed by atoms with Crippen LogP contribution in [0.3, 0.4) is 0 Å². The molecule has 0 bridgehead atoms. The zero-order valence-corrected chi connectivity index (χ0v) is 13.8. The average molecular weight is 360 g/mol. The van der Waals surface area contributed by atoms with E-state index in [2.05, 4.69) is 25.4 Å². The van der Waals surface area contributed by atoms with Crippen LogP contribution in [0.4, 0.5) is 0 Å². The highest BCUT2D eigenvalue weighted by molar-refractivity contribution is 6.30. The van der Waals surface area contributed by atoms with Crippen molar-refractivity contribution in [1.82, 2.24) is 34.8 Å². The molecule has 9 nitrogen and oxygen atoms in total. The lowest BCUT2D eigenvalue weighted by Crippen LogP contribution is -2.42. The second kappa shape index (κ2) is 6.61. The Kier molecular flexibility index (Phi) is 4.16. The summed E-state index contributed by atoms with van der Waals surface area (Å²) in [6.45, 7) is 1.38. The van der Waals surface area contributed by atoms with Crippen LogP contribution in [0.25, 0.3) is 5.95 Å². The largest absolute Gasteiger partial charge is 0.370 e. The first-order chi connectivity index (χ1) is 12.2. The number of nitrogens with one attached hydrogen (secondary N) is 1. The molecule has 1 N–H and O–H groups in total. The van der Waals surface area contributed by atoms with Gasteiger partial charge in [0.05, 0.1) is 13.2 Å². The summed E-state index contributed by atoms with van der Waals surface area (Å²) in [5.41, 5.74) is 0.977. The van der Waals surface area contributed by atoms with E-state index in [1.807, 2.05) is 24.3 Å². The topological polar surface area (TPSA) is 102 Å². The van der Waals surface area contributed by atoms with Gasteiger partial charge in [-0.1, -0.05) is 23.7 Å². The zero-order chi connectivity index (χ0) is 17.2. The smallest absolute Gasteiger partial charge is 0.291 e. The third-order valence-corrected chi connectivity index (χ3v) is 4.17. The van der Waals surface area contributed by atoms with Crippen LogP contribution in [0.5, 0.6) is 0 Å². The fourth-order valence-electron chi connectivity index (χ4n) is 2.63. The predicted molar refractivity (Wildman–Crippen MR) is 87.3 cm³/mol. The van der Waals surface area contributed by atoms with Gasteiger partial charge in [0, 0.05) is 11.6 Å². The Hall–Kier alpha value is -2.78. The summed E-state index contributed by atoms with van der Waals surface area (Å²) in [4.78, 5) is 18.6. The Bertz CT molecular complexity index is 862. The van der Waals surface area contributed by atoms with E-state index in [-0.39, 0.29) is 17.8 Å². The van der Waals surface area contributed by atoms with Crippen molar-refractivity contribution in [2.75, 3.05) is 19.7 Å². The van der Waals surface area contributed by atoms with Crippen molar-refractivity contribution in [2.24, 2.45) is 0 Å². The Balaban J connectivity index is 1.49. The summed E-state index contributed by atoms with van der Waals surface area (Å²) in [7, 11) is 0. The molecule has 1 aliphatic rings. The van der Waals surface area contributed by atoms with Gasteiger partial charge in [0.15, 0.2) is 0 Å². The second-order valence-electron chi connectivity index (χ2n) is 5.52. The number of hydrogen-bond donors (Lipinski definition) is 1. The van der Waals surface area contributed by atoms with Crippen LogP contribution >= 0.6 is 11.6 Å². The number of aromatic amines is 1. The van der Waals surface area contributed by atoms with Crippen molar-refractivity contribution in [2.45, 2.75) is 6.10 Å². The van der Waals surface area contributed by atoms with Gasteiger partial charge in [0.2, 0.25) is 5.82 Å². The van der Waals surface area contributed by atoms with Gasteiger partial charge < -0.3 is 9.64 Å². The summed E-state index contributed by atoms with van der Waals surface area (Å²) in [6.07, 6.45) is 2.72. The molecule has 1 aromatic carbocycles. The van der Waals surface area contributed by atoms with Gasteiger partial charge in [-0.05, 0) is 17.7 Å². The van der Waals surface area contributed by atoms with Crippen molar-refractivity contribution in [3.63, 3.8) is 0 Å². The van der Waals surface area contributed by atoms with Gasteiger partial charge in [-0.15, -0.1) is 15.3 Å². The third-order valence-electron chi connectivity index (χ3n) is 3.92. The number of morpholine rings is 1. The molecule has 0 saturated carbocycles. The van der Waals surface area contributed by atoms with Gasteiger partial charge in [-0.2, -0.15) is 4.98 Å². The van der Waals surface area contributed by atoms with Crippen molar-refractivity contribution in [3.8, 4) is 5.95 Å². The number of benzene rings is 1. The van der Waals surface area contributed by atoms with Gasteiger partial charge in [-0.3, -0.25) is 14.5 Å². The standard InChI is InChI=1S/C15H14ClN7O2/c16-11-3-1-10(2-4-11)12-7-22(5-6-25-12)14(24)13-19-15(21-20-13)23-8-17-18-9-23/h1-4,8-9,12H,5-7H2,(H,19,20,21). The number of rotatable bonds is 3. The molecule has 1 saturated heterocycles. The molecule has 3 heterocycles. The number of hydrogen-bond acceptors (Lipinski definition) is 6. The van der Waals surface area contributed by atoms with Gasteiger partial charge in [0.1, 0.15) is 18.8 Å². The molecular weight excluding hydrogens is 346 g/mol. The van der Waals surface area contributed by atoms with Crippen LogP contribution in [-0.2, 0) is 4.74 Å². The highest BCUT2D eigenvalue weighted by Gasteiger charge is 2.28. The number of H-pyrrole nitrogens is 1. The number of carbonyl (C=O) groups is 1. The van der Waals surface area contributed by atoms with Crippen LogP contribution in [0.1, 0.15) is 22.3 Å². The quantitative estimate of drug-likeness (QED) is 0.755. The molecule has 1 fully saturated rings. The minimum Gasteiger partial charge on any atom is -0.370 e. The van der Waals surface area contributed by atoms with E-state index in [9.17, 15) is 4.79 Å². The first-order valence-electron chi connectivity index (χ1n) is 7.64. The second-order valence-corrected chi connectivity index (χ2v) is 5.95. The van der Waals surface area contributed by atoms with Crippen LogP contribution in [0.15, 0.2) is 36.9 Å². The number of aromatic nitrogens is 6. The molecule has 1 amide bonds. The number of carbonyl (C=O) groups excluding carboxylic acids is 1. The Morgan fingerprint density at radius 1 is 1.24 bits per heavy atom. The van der Waals surface area contributed by atoms with Crippen molar-refractivity contribution >= 4 is 17.5 Å². The van der Waals surface area contributed by atoms with Crippen molar-refractivity contribution < 1.29 is 9.53 Å². The molecule has 4 rings (SSSR count). The minimum absolute atomic E-state index is 0.167. The first kappa shape index (κ1) is 15.7. The summed E-state index contributed by atoms with van der Waals surface area (Å²) in [5.74, 6) is 0.255.